The lowest BCUT2D eigenvalue weighted by atomic mass is 9.99. The molecule has 2 aliphatic heterocycles. The number of nitrogens with one attached hydrogen (secondary N) is 1. The van der Waals surface area contributed by atoms with Crippen molar-refractivity contribution in [2.24, 2.45) is 16.8 Å². The highest BCUT2D eigenvalue weighted by Gasteiger charge is 2.36. The van der Waals surface area contributed by atoms with Gasteiger partial charge in [0.05, 0.1) is 26.2 Å². The molecular weight excluding hydrogens is 384 g/mol. The van der Waals surface area contributed by atoms with Crippen molar-refractivity contribution in [2.45, 2.75) is 13.5 Å². The Bertz CT molecular complexity index is 721. The Morgan fingerprint density at radius 3 is 2.83 bits per heavy atom. The molecule has 0 aromatic heterocycles. The summed E-state index contributed by atoms with van der Waals surface area (Å²) in [5, 5.41) is 3.41. The van der Waals surface area contributed by atoms with E-state index in [4.69, 9.17) is 14.2 Å². The summed E-state index contributed by atoms with van der Waals surface area (Å²) >= 11 is 0. The molecule has 0 spiro atoms. The molecule has 2 unspecified atom stereocenters. The summed E-state index contributed by atoms with van der Waals surface area (Å²) < 4.78 is 16.3. The molecule has 8 heteroatoms. The molecule has 166 valence electrons. The summed E-state index contributed by atoms with van der Waals surface area (Å²) in [5.74, 6) is 1.64. The third-order valence-electron chi connectivity index (χ3n) is 5.76. The van der Waals surface area contributed by atoms with E-state index in [0.29, 0.717) is 19.7 Å². The maximum atomic E-state index is 12.0. The Kier molecular flexibility index (Phi) is 8.33. The van der Waals surface area contributed by atoms with Crippen LogP contribution in [0.4, 0.5) is 0 Å². The molecule has 0 bridgehead atoms. The van der Waals surface area contributed by atoms with E-state index in [0.717, 1.165) is 56.7 Å². The molecule has 0 amide bonds. The van der Waals surface area contributed by atoms with Crippen LogP contribution in [0, 0.1) is 11.8 Å². The van der Waals surface area contributed by atoms with Crippen LogP contribution in [0.15, 0.2) is 29.3 Å². The first-order valence-corrected chi connectivity index (χ1v) is 10.7. The molecule has 0 saturated carbocycles. The lowest BCUT2D eigenvalue weighted by Gasteiger charge is -2.26. The number of hydrogen-bond donors (Lipinski definition) is 1. The maximum absolute atomic E-state index is 12.0. The fourth-order valence-corrected chi connectivity index (χ4v) is 3.97. The van der Waals surface area contributed by atoms with Crippen molar-refractivity contribution in [3.8, 4) is 5.75 Å². The molecular formula is C22H34N4O4. The normalized spacial score (nSPS) is 22.8. The fraction of sp³-hybridized carbons (Fsp3) is 0.636. The van der Waals surface area contributed by atoms with Crippen LogP contribution in [0.25, 0.3) is 0 Å². The third-order valence-corrected chi connectivity index (χ3v) is 5.76. The van der Waals surface area contributed by atoms with Crippen LogP contribution in [0.2, 0.25) is 0 Å². The quantitative estimate of drug-likeness (QED) is 0.405. The van der Waals surface area contributed by atoms with Gasteiger partial charge in [0, 0.05) is 46.3 Å². The minimum atomic E-state index is -0.151. The third kappa shape index (κ3) is 6.09. The van der Waals surface area contributed by atoms with Crippen LogP contribution < -0.4 is 10.1 Å². The van der Waals surface area contributed by atoms with Crippen molar-refractivity contribution in [2.75, 3.05) is 66.7 Å². The number of benzene rings is 1. The summed E-state index contributed by atoms with van der Waals surface area (Å²) in [6.45, 7) is 9.25. The van der Waals surface area contributed by atoms with E-state index < -0.39 is 0 Å². The van der Waals surface area contributed by atoms with Crippen molar-refractivity contribution in [1.82, 2.24) is 15.1 Å². The molecule has 8 nitrogen and oxygen atoms in total. The number of rotatable bonds is 7. The number of methoxy groups -OCH3 is 1. The van der Waals surface area contributed by atoms with E-state index in [1.807, 2.05) is 12.1 Å². The molecule has 0 radical (unpaired) electrons. The number of morpholine rings is 1. The zero-order chi connectivity index (χ0) is 21.3. The van der Waals surface area contributed by atoms with Gasteiger partial charge in [0.2, 0.25) is 0 Å². The first-order valence-electron chi connectivity index (χ1n) is 10.7. The number of nitrogens with zero attached hydrogens (tertiary/aromatic N) is 3. The minimum Gasteiger partial charge on any atom is -0.492 e. The minimum absolute atomic E-state index is 0.114. The van der Waals surface area contributed by atoms with Crippen molar-refractivity contribution in [3.63, 3.8) is 0 Å². The molecule has 30 heavy (non-hydrogen) atoms. The van der Waals surface area contributed by atoms with Crippen LogP contribution in [-0.4, -0.2) is 88.4 Å². The Balaban J connectivity index is 1.47. The molecule has 2 fully saturated rings. The van der Waals surface area contributed by atoms with Crippen molar-refractivity contribution in [3.05, 3.63) is 29.8 Å². The van der Waals surface area contributed by atoms with Crippen LogP contribution in [-0.2, 0) is 20.8 Å². The van der Waals surface area contributed by atoms with Crippen molar-refractivity contribution < 1.29 is 19.0 Å². The first-order chi connectivity index (χ1) is 14.6. The molecule has 0 aliphatic carbocycles. The van der Waals surface area contributed by atoms with Gasteiger partial charge in [-0.25, -0.2) is 0 Å². The lowest BCUT2D eigenvalue weighted by Crippen LogP contribution is -2.40. The summed E-state index contributed by atoms with van der Waals surface area (Å²) in [4.78, 5) is 20.8. The van der Waals surface area contributed by atoms with Gasteiger partial charge in [-0.3, -0.25) is 14.7 Å². The average molecular weight is 419 g/mol. The molecule has 1 aromatic carbocycles. The number of ether oxygens (including phenoxy) is 3. The van der Waals surface area contributed by atoms with E-state index in [-0.39, 0.29) is 17.8 Å². The van der Waals surface area contributed by atoms with Gasteiger partial charge in [-0.1, -0.05) is 19.1 Å². The zero-order valence-electron chi connectivity index (χ0n) is 18.3. The van der Waals surface area contributed by atoms with E-state index in [1.54, 1.807) is 7.05 Å². The average Bonchev–Trinajstić information content (AvgIpc) is 3.16. The van der Waals surface area contributed by atoms with Gasteiger partial charge in [-0.15, -0.1) is 0 Å². The second-order valence-corrected chi connectivity index (χ2v) is 7.86. The van der Waals surface area contributed by atoms with E-state index >= 15 is 0 Å². The van der Waals surface area contributed by atoms with Crippen LogP contribution >= 0.6 is 0 Å². The Hall–Kier alpha value is -2.32. The summed E-state index contributed by atoms with van der Waals surface area (Å²) in [7, 11) is 3.21. The summed E-state index contributed by atoms with van der Waals surface area (Å²) in [6.07, 6.45) is 0. The van der Waals surface area contributed by atoms with E-state index in [2.05, 4.69) is 39.2 Å². The topological polar surface area (TPSA) is 75.6 Å². The highest BCUT2D eigenvalue weighted by Crippen LogP contribution is 2.24. The number of guanidine groups is 1. The monoisotopic (exact) mass is 418 g/mol. The number of aliphatic imine (C=N–C) groups is 1. The Morgan fingerprint density at radius 2 is 2.10 bits per heavy atom. The highest BCUT2D eigenvalue weighted by atomic mass is 16.5. The zero-order valence-corrected chi connectivity index (χ0v) is 18.3. The smallest absolute Gasteiger partial charge is 0.310 e. The fourth-order valence-electron chi connectivity index (χ4n) is 3.97. The maximum Gasteiger partial charge on any atom is 0.310 e. The van der Waals surface area contributed by atoms with Gasteiger partial charge in [0.25, 0.3) is 0 Å². The standard InChI is InChI=1S/C22H34N4O4/c1-17-15-26(16-20(17)21(27)28-3)22(23-2)24-14-18-5-4-6-19(13-18)30-12-9-25-7-10-29-11-8-25/h4-6,13,17,20H,7-12,14-16H2,1-3H3,(H,23,24). The molecule has 3 rings (SSSR count). The molecule has 1 N–H and O–H groups in total. The molecule has 2 atom stereocenters. The van der Waals surface area contributed by atoms with Gasteiger partial charge >= 0.3 is 5.97 Å². The van der Waals surface area contributed by atoms with Gasteiger partial charge in [0.15, 0.2) is 5.96 Å². The number of carbonyl (C=O) groups excluding carboxylic acids is 1. The van der Waals surface area contributed by atoms with Gasteiger partial charge in [-0.2, -0.15) is 0 Å². The van der Waals surface area contributed by atoms with Gasteiger partial charge < -0.3 is 24.4 Å². The van der Waals surface area contributed by atoms with Crippen molar-refractivity contribution >= 4 is 11.9 Å². The molecule has 2 heterocycles. The summed E-state index contributed by atoms with van der Waals surface area (Å²) in [6, 6.07) is 8.12. The Morgan fingerprint density at radius 1 is 1.30 bits per heavy atom. The molecule has 2 aliphatic rings. The molecule has 2 saturated heterocycles. The first kappa shape index (κ1) is 22.4. The summed E-state index contributed by atoms with van der Waals surface area (Å²) in [5.41, 5.74) is 1.12. The number of likely N-dealkylation sites (tertiary alicyclic amines) is 1. The highest BCUT2D eigenvalue weighted by molar-refractivity contribution is 5.82. The van der Waals surface area contributed by atoms with E-state index in [1.165, 1.54) is 7.11 Å². The predicted octanol–water partition coefficient (Wildman–Crippen LogP) is 1.21. The van der Waals surface area contributed by atoms with Gasteiger partial charge in [0.1, 0.15) is 12.4 Å². The largest absolute Gasteiger partial charge is 0.492 e. The van der Waals surface area contributed by atoms with Crippen LogP contribution in [0.1, 0.15) is 12.5 Å². The number of esters is 1. The van der Waals surface area contributed by atoms with Gasteiger partial charge in [-0.05, 0) is 23.6 Å². The van der Waals surface area contributed by atoms with E-state index in [9.17, 15) is 4.79 Å². The SMILES string of the molecule is CN=C(NCc1cccc(OCCN2CCOCC2)c1)N1CC(C)C(C(=O)OC)C1. The van der Waals surface area contributed by atoms with Crippen molar-refractivity contribution in [1.29, 1.82) is 0 Å². The second-order valence-electron chi connectivity index (χ2n) is 7.86. The number of hydrogen-bond acceptors (Lipinski definition) is 6. The van der Waals surface area contributed by atoms with Crippen LogP contribution in [0.3, 0.4) is 0 Å². The molecule has 1 aromatic rings. The number of carbonyl (C=O) groups is 1. The Labute approximate surface area is 179 Å². The second kappa shape index (κ2) is 11.2. The predicted molar refractivity (Wildman–Crippen MR) is 116 cm³/mol. The lowest BCUT2D eigenvalue weighted by molar-refractivity contribution is -0.145. The van der Waals surface area contributed by atoms with Crippen LogP contribution in [0.5, 0.6) is 5.75 Å².